The van der Waals surface area contributed by atoms with E-state index in [0.29, 0.717) is 0 Å². The second-order valence-electron chi connectivity index (χ2n) is 7.34. The molecule has 142 valence electrons. The molecule has 1 aromatic heterocycles. The summed E-state index contributed by atoms with van der Waals surface area (Å²) in [6.07, 6.45) is 3.13. The average molecular weight is 376 g/mol. The number of pyridine rings is 1. The Hall–Kier alpha value is -3.45. The van der Waals surface area contributed by atoms with E-state index in [-0.39, 0.29) is 0 Å². The predicted molar refractivity (Wildman–Crippen MR) is 125 cm³/mol. The van der Waals surface area contributed by atoms with Crippen LogP contribution in [0.2, 0.25) is 0 Å². The molecule has 4 rings (SSSR count). The van der Waals surface area contributed by atoms with Gasteiger partial charge in [0.05, 0.1) is 5.52 Å². The molecule has 0 unspecified atom stereocenters. The molecule has 1 heterocycles. The second-order valence-corrected chi connectivity index (χ2v) is 7.34. The van der Waals surface area contributed by atoms with Crippen LogP contribution in [0.15, 0.2) is 103 Å². The van der Waals surface area contributed by atoms with Crippen molar-refractivity contribution in [2.45, 2.75) is 20.3 Å². The lowest BCUT2D eigenvalue weighted by Gasteiger charge is -2.13. The molecule has 0 aliphatic carbocycles. The summed E-state index contributed by atoms with van der Waals surface area (Å²) in [6, 6.07) is 29.8. The van der Waals surface area contributed by atoms with Crippen molar-refractivity contribution in [2.24, 2.45) is 0 Å². The summed E-state index contributed by atoms with van der Waals surface area (Å²) in [4.78, 5) is 4.85. The maximum atomic E-state index is 4.85. The molecular formula is C28H25N. The van der Waals surface area contributed by atoms with Crippen LogP contribution in [0.4, 0.5) is 0 Å². The first-order chi connectivity index (χ1) is 14.2. The third kappa shape index (κ3) is 4.05. The summed E-state index contributed by atoms with van der Waals surface area (Å²) in [6.45, 7) is 8.40. The standard InChI is InChI=1S/C28H25N/c1-4-20(2)17-26(22-11-7-5-8-12-22)24-15-16-25-27(23-13-9-6-10-14-23)18-21(3)29-28(25)19-24/h5-19H,2,4H2,1,3H3/b26-17-. The lowest BCUT2D eigenvalue weighted by molar-refractivity contribution is 1.16. The maximum absolute atomic E-state index is 4.85. The van der Waals surface area contributed by atoms with Gasteiger partial charge in [0.2, 0.25) is 0 Å². The summed E-state index contributed by atoms with van der Waals surface area (Å²) in [5.74, 6) is 0. The molecule has 0 fully saturated rings. The zero-order valence-electron chi connectivity index (χ0n) is 17.0. The summed E-state index contributed by atoms with van der Waals surface area (Å²) < 4.78 is 0. The average Bonchev–Trinajstić information content (AvgIpc) is 2.77. The van der Waals surface area contributed by atoms with Crippen molar-refractivity contribution < 1.29 is 0 Å². The summed E-state index contributed by atoms with van der Waals surface area (Å²) in [7, 11) is 0. The van der Waals surface area contributed by atoms with Gasteiger partial charge in [0, 0.05) is 11.1 Å². The zero-order valence-corrected chi connectivity index (χ0v) is 17.0. The van der Waals surface area contributed by atoms with Gasteiger partial charge in [-0.15, -0.1) is 0 Å². The maximum Gasteiger partial charge on any atom is 0.0717 e. The summed E-state index contributed by atoms with van der Waals surface area (Å²) in [5.41, 5.74) is 9.14. The SMILES string of the molecule is C=C(/C=C(/c1ccccc1)c1ccc2c(-c3ccccc3)cc(C)nc2c1)CC. The van der Waals surface area contributed by atoms with Gasteiger partial charge in [-0.1, -0.05) is 97.9 Å². The Kier molecular flexibility index (Phi) is 5.39. The van der Waals surface area contributed by atoms with E-state index in [1.807, 2.05) is 6.07 Å². The van der Waals surface area contributed by atoms with Crippen molar-refractivity contribution in [1.82, 2.24) is 4.98 Å². The van der Waals surface area contributed by atoms with Crippen LogP contribution in [-0.2, 0) is 0 Å². The lowest BCUT2D eigenvalue weighted by atomic mass is 9.93. The van der Waals surface area contributed by atoms with Gasteiger partial charge in [0.15, 0.2) is 0 Å². The minimum atomic E-state index is 0.930. The number of aromatic nitrogens is 1. The van der Waals surface area contributed by atoms with E-state index in [1.165, 1.54) is 27.6 Å². The Bertz CT molecular complexity index is 1190. The predicted octanol–water partition coefficient (Wildman–Crippen LogP) is 7.61. The Labute approximate surface area is 173 Å². The topological polar surface area (TPSA) is 12.9 Å². The van der Waals surface area contributed by atoms with E-state index < -0.39 is 0 Å². The molecule has 29 heavy (non-hydrogen) atoms. The molecule has 0 saturated heterocycles. The van der Waals surface area contributed by atoms with Gasteiger partial charge in [-0.2, -0.15) is 0 Å². The highest BCUT2D eigenvalue weighted by Gasteiger charge is 2.11. The Morgan fingerprint density at radius 2 is 1.55 bits per heavy atom. The van der Waals surface area contributed by atoms with Crippen LogP contribution in [0.25, 0.3) is 27.6 Å². The number of hydrogen-bond donors (Lipinski definition) is 0. The van der Waals surface area contributed by atoms with Crippen molar-refractivity contribution in [3.05, 3.63) is 120 Å². The van der Waals surface area contributed by atoms with Crippen molar-refractivity contribution >= 4 is 16.5 Å². The number of fused-ring (bicyclic) bond motifs is 1. The Morgan fingerprint density at radius 1 is 0.862 bits per heavy atom. The molecule has 0 atom stereocenters. The third-order valence-electron chi connectivity index (χ3n) is 5.22. The van der Waals surface area contributed by atoms with E-state index in [2.05, 4.69) is 105 Å². The first-order valence-corrected chi connectivity index (χ1v) is 10.1. The van der Waals surface area contributed by atoms with E-state index in [4.69, 9.17) is 4.98 Å². The second kappa shape index (κ2) is 8.28. The number of hydrogen-bond acceptors (Lipinski definition) is 1. The van der Waals surface area contributed by atoms with Crippen molar-refractivity contribution in [2.75, 3.05) is 0 Å². The van der Waals surface area contributed by atoms with Gasteiger partial charge in [0.25, 0.3) is 0 Å². The molecule has 0 bridgehead atoms. The number of nitrogens with zero attached hydrogens (tertiary/aromatic N) is 1. The molecule has 0 aliphatic rings. The molecule has 0 N–H and O–H groups in total. The monoisotopic (exact) mass is 375 g/mol. The minimum absolute atomic E-state index is 0.930. The molecule has 4 aromatic rings. The minimum Gasteiger partial charge on any atom is -0.253 e. The fraction of sp³-hybridized carbons (Fsp3) is 0.107. The van der Waals surface area contributed by atoms with Crippen LogP contribution in [0, 0.1) is 6.92 Å². The zero-order chi connectivity index (χ0) is 20.2. The van der Waals surface area contributed by atoms with Gasteiger partial charge in [-0.25, -0.2) is 0 Å². The first-order valence-electron chi connectivity index (χ1n) is 10.1. The third-order valence-corrected chi connectivity index (χ3v) is 5.22. The molecule has 1 heteroatoms. The number of benzene rings is 3. The van der Waals surface area contributed by atoms with E-state index in [9.17, 15) is 0 Å². The molecular weight excluding hydrogens is 350 g/mol. The Balaban J connectivity index is 1.90. The highest BCUT2D eigenvalue weighted by molar-refractivity contribution is 5.97. The van der Waals surface area contributed by atoms with Crippen LogP contribution in [0.1, 0.15) is 30.2 Å². The normalized spacial score (nSPS) is 11.6. The van der Waals surface area contributed by atoms with Crippen molar-refractivity contribution in [3.63, 3.8) is 0 Å². The fourth-order valence-corrected chi connectivity index (χ4v) is 3.64. The first kappa shape index (κ1) is 18.9. The van der Waals surface area contributed by atoms with Gasteiger partial charge in [-0.05, 0) is 53.3 Å². The molecule has 0 saturated carbocycles. The highest BCUT2D eigenvalue weighted by Crippen LogP contribution is 2.32. The van der Waals surface area contributed by atoms with E-state index >= 15 is 0 Å². The molecule has 0 spiro atoms. The van der Waals surface area contributed by atoms with E-state index in [0.717, 1.165) is 28.8 Å². The van der Waals surface area contributed by atoms with Crippen molar-refractivity contribution in [1.29, 1.82) is 0 Å². The summed E-state index contributed by atoms with van der Waals surface area (Å²) in [5, 5.41) is 1.17. The quantitative estimate of drug-likeness (QED) is 0.327. The number of aryl methyl sites for hydroxylation is 1. The largest absolute Gasteiger partial charge is 0.253 e. The van der Waals surface area contributed by atoms with Crippen LogP contribution in [0.3, 0.4) is 0 Å². The van der Waals surface area contributed by atoms with E-state index in [1.54, 1.807) is 0 Å². The van der Waals surface area contributed by atoms with Crippen molar-refractivity contribution in [3.8, 4) is 11.1 Å². The fourth-order valence-electron chi connectivity index (χ4n) is 3.64. The molecule has 0 amide bonds. The molecule has 3 aromatic carbocycles. The van der Waals surface area contributed by atoms with Crippen LogP contribution >= 0.6 is 0 Å². The van der Waals surface area contributed by atoms with Gasteiger partial charge in [-0.3, -0.25) is 4.98 Å². The van der Waals surface area contributed by atoms with Crippen LogP contribution < -0.4 is 0 Å². The van der Waals surface area contributed by atoms with Gasteiger partial charge < -0.3 is 0 Å². The molecule has 0 radical (unpaired) electrons. The van der Waals surface area contributed by atoms with Crippen LogP contribution in [-0.4, -0.2) is 4.98 Å². The lowest BCUT2D eigenvalue weighted by Crippen LogP contribution is -1.93. The van der Waals surface area contributed by atoms with Gasteiger partial charge >= 0.3 is 0 Å². The smallest absolute Gasteiger partial charge is 0.0717 e. The molecule has 0 aliphatic heterocycles. The Morgan fingerprint density at radius 3 is 2.24 bits per heavy atom. The molecule has 1 nitrogen and oxygen atoms in total. The number of allylic oxidation sites excluding steroid dienone is 2. The highest BCUT2D eigenvalue weighted by atomic mass is 14.7. The summed E-state index contributed by atoms with van der Waals surface area (Å²) >= 11 is 0. The van der Waals surface area contributed by atoms with Crippen LogP contribution in [0.5, 0.6) is 0 Å². The number of rotatable bonds is 5. The van der Waals surface area contributed by atoms with Gasteiger partial charge in [0.1, 0.15) is 0 Å².